The number of ether oxygens (including phenoxy) is 2. The Hall–Kier alpha value is -5.48. The van der Waals surface area contributed by atoms with E-state index in [-0.39, 0.29) is 47.1 Å². The highest BCUT2D eigenvalue weighted by Crippen LogP contribution is 2.66. The first-order valence-corrected chi connectivity index (χ1v) is 20.0. The van der Waals surface area contributed by atoms with Crippen molar-refractivity contribution in [3.63, 3.8) is 0 Å². The number of rotatable bonds is 7. The fourth-order valence-electron chi connectivity index (χ4n) is 10.0. The van der Waals surface area contributed by atoms with Crippen LogP contribution in [0.1, 0.15) is 36.8 Å². The van der Waals surface area contributed by atoms with Gasteiger partial charge < -0.3 is 24.6 Å². The molecule has 3 aromatic carbocycles. The van der Waals surface area contributed by atoms with Gasteiger partial charge in [0.25, 0.3) is 0 Å². The van der Waals surface area contributed by atoms with Crippen molar-refractivity contribution in [2.24, 2.45) is 36.1 Å². The fraction of sp³-hybridized carbons (Fsp3) is 0.310. The van der Waals surface area contributed by atoms with Crippen LogP contribution in [0.15, 0.2) is 72.3 Å². The third-order valence-corrected chi connectivity index (χ3v) is 14.3. The van der Waals surface area contributed by atoms with Gasteiger partial charge in [-0.05, 0) is 79.4 Å². The Morgan fingerprint density at radius 1 is 0.931 bits per heavy atom. The lowest BCUT2D eigenvalue weighted by Gasteiger charge is -2.49. The molecule has 3 N–H and O–H groups in total. The van der Waals surface area contributed by atoms with Gasteiger partial charge >= 0.3 is 7.12 Å². The monoisotopic (exact) mass is 820 g/mol. The van der Waals surface area contributed by atoms with Crippen molar-refractivity contribution in [3.8, 4) is 27.8 Å². The van der Waals surface area contributed by atoms with Crippen molar-refractivity contribution in [2.45, 2.75) is 32.6 Å². The Kier molecular flexibility index (Phi) is 8.89. The number of benzene rings is 3. The molecule has 0 unspecified atom stereocenters. The molecule has 4 aliphatic rings. The summed E-state index contributed by atoms with van der Waals surface area (Å²) in [5.41, 5.74) is 1.54. The molecule has 5 aromatic rings. The number of hydrogen-bond acceptors (Lipinski definition) is 11. The summed E-state index contributed by atoms with van der Waals surface area (Å²) in [6.07, 6.45) is 2.18. The number of aryl methyl sites for hydroxylation is 2. The van der Waals surface area contributed by atoms with Gasteiger partial charge in [0.05, 0.1) is 48.0 Å². The van der Waals surface area contributed by atoms with Gasteiger partial charge in [0, 0.05) is 46.5 Å². The lowest BCUT2D eigenvalue weighted by Crippen LogP contribution is -2.49. The van der Waals surface area contributed by atoms with Crippen LogP contribution < -0.4 is 24.7 Å². The maximum atomic E-state index is 15.3. The Balaban J connectivity index is 1.18. The summed E-state index contributed by atoms with van der Waals surface area (Å²) in [4.78, 5) is 62.3. The molecule has 6 atom stereocenters. The van der Waals surface area contributed by atoms with E-state index in [0.29, 0.717) is 21.9 Å². The van der Waals surface area contributed by atoms with Crippen molar-refractivity contribution in [1.29, 1.82) is 0 Å². The maximum Gasteiger partial charge on any atom is 0.488 e. The van der Waals surface area contributed by atoms with Gasteiger partial charge in [0.2, 0.25) is 23.6 Å². The number of allylic oxidation sites excluding steroid dienone is 2. The molecule has 4 heterocycles. The molecule has 58 heavy (non-hydrogen) atoms. The third-order valence-electron chi connectivity index (χ3n) is 12.7. The first-order valence-electron chi connectivity index (χ1n) is 18.8. The number of fused-ring (bicyclic) bond motifs is 5. The van der Waals surface area contributed by atoms with Crippen LogP contribution in [0.4, 0.5) is 11.5 Å². The molecule has 0 spiro atoms. The Bertz CT molecular complexity index is 2630. The second-order valence-corrected chi connectivity index (χ2v) is 17.1. The van der Waals surface area contributed by atoms with Crippen LogP contribution in [0.2, 0.25) is 5.02 Å². The summed E-state index contributed by atoms with van der Waals surface area (Å²) >= 11 is 7.86. The molecule has 1 saturated carbocycles. The lowest BCUT2D eigenvalue weighted by molar-refractivity contribution is -0.131. The normalized spacial score (nSPS) is 25.2. The van der Waals surface area contributed by atoms with E-state index in [1.165, 1.54) is 59.4 Å². The average molecular weight is 821 g/mol. The zero-order valence-electron chi connectivity index (χ0n) is 32.1. The highest BCUT2D eigenvalue weighted by molar-refractivity contribution is 7.22. The van der Waals surface area contributed by atoms with E-state index in [4.69, 9.17) is 26.2 Å². The highest BCUT2D eigenvalue weighted by Gasteiger charge is 2.68. The number of phenolic OH excluding ortho intramolecular Hbond substituents is 1. The number of thiophene rings is 1. The number of carbonyl (C=O) groups excluding carboxylic acids is 4. The number of hydrogen-bond donors (Lipinski definition) is 3. The number of aromatic hydroxyl groups is 1. The Morgan fingerprint density at radius 2 is 1.66 bits per heavy atom. The van der Waals surface area contributed by atoms with E-state index < -0.39 is 65.8 Å². The van der Waals surface area contributed by atoms with Crippen LogP contribution in [-0.2, 0) is 26.2 Å². The average Bonchev–Trinajstić information content (AvgIpc) is 3.87. The van der Waals surface area contributed by atoms with E-state index in [1.807, 2.05) is 31.2 Å². The van der Waals surface area contributed by atoms with Crippen molar-refractivity contribution in [3.05, 3.63) is 88.5 Å². The van der Waals surface area contributed by atoms with E-state index in [1.54, 1.807) is 32.2 Å². The lowest BCUT2D eigenvalue weighted by atomic mass is 9.51. The van der Waals surface area contributed by atoms with Gasteiger partial charge in [0.1, 0.15) is 28.8 Å². The fourth-order valence-corrected chi connectivity index (χ4v) is 11.4. The number of amides is 4. The molecular formula is C42H38BClN4O9S. The van der Waals surface area contributed by atoms with E-state index >= 15 is 9.59 Å². The van der Waals surface area contributed by atoms with Gasteiger partial charge in [-0.25, -0.2) is 4.90 Å². The number of methoxy groups -OCH3 is 2. The summed E-state index contributed by atoms with van der Waals surface area (Å²) in [5, 5.41) is 36.8. The van der Waals surface area contributed by atoms with Gasteiger partial charge in [-0.2, -0.15) is 5.10 Å². The number of anilines is 2. The SMILES string of the molecule is COc1cc(O)cc(OC)c1[C@H]1C2=CC[C@@H]3C(=O)N(c4cccc(B(O)O)c4)C(=O)[C@@H]3[C@@H]2C[C@H]2C(=O)N(c3cc(-c4sc5ccc(Cl)cc5c4C)nn3C)C(=O)[C@@]12C. The molecule has 16 heteroatoms. The molecule has 0 radical (unpaired) electrons. The van der Waals surface area contributed by atoms with E-state index in [9.17, 15) is 24.7 Å². The summed E-state index contributed by atoms with van der Waals surface area (Å²) in [5.74, 6) is -5.44. The molecule has 2 saturated heterocycles. The van der Waals surface area contributed by atoms with Crippen molar-refractivity contribution in [1.82, 2.24) is 9.78 Å². The molecule has 2 aromatic heterocycles. The summed E-state index contributed by atoms with van der Waals surface area (Å²) < 4.78 is 14.2. The zero-order chi connectivity index (χ0) is 41.1. The molecule has 0 bridgehead atoms. The van der Waals surface area contributed by atoms with Crippen LogP contribution in [0.3, 0.4) is 0 Å². The largest absolute Gasteiger partial charge is 0.508 e. The number of nitrogens with zero attached hydrogens (tertiary/aromatic N) is 4. The number of carbonyl (C=O) groups is 4. The highest BCUT2D eigenvalue weighted by atomic mass is 35.5. The summed E-state index contributed by atoms with van der Waals surface area (Å²) in [6.45, 7) is 3.74. The number of halogens is 1. The van der Waals surface area contributed by atoms with Gasteiger partial charge in [-0.3, -0.25) is 28.8 Å². The third kappa shape index (κ3) is 5.33. The topological polar surface area (TPSA) is 172 Å². The molecule has 9 rings (SSSR count). The quantitative estimate of drug-likeness (QED) is 0.114. The minimum atomic E-state index is -1.81. The second kappa shape index (κ2) is 13.5. The summed E-state index contributed by atoms with van der Waals surface area (Å²) in [6, 6.07) is 16.3. The van der Waals surface area contributed by atoms with Crippen LogP contribution in [0.5, 0.6) is 17.2 Å². The van der Waals surface area contributed by atoms with Crippen LogP contribution in [-0.4, -0.2) is 69.9 Å². The zero-order valence-corrected chi connectivity index (χ0v) is 33.7. The minimum absolute atomic E-state index is 0.0902. The van der Waals surface area contributed by atoms with Gasteiger partial charge in [-0.15, -0.1) is 11.3 Å². The van der Waals surface area contributed by atoms with E-state index in [0.717, 1.165) is 25.4 Å². The van der Waals surface area contributed by atoms with Gasteiger partial charge in [0.15, 0.2) is 0 Å². The summed E-state index contributed by atoms with van der Waals surface area (Å²) in [7, 11) is 2.74. The standard InChI is InChI=1S/C42H38BClN4O9S/c1-19-26-14-21(44)9-12-32(26)58-37(19)29-18-33(46(3)45-29)48-39(51)28-17-27-24(36(42(28,2)41(48)53)35-30(56-4)15-23(49)16-31(35)57-5)10-11-25-34(27)40(52)47(38(25)50)22-8-6-7-20(13-22)43(54)55/h6-10,12-16,18,25,27-28,34,36,49,54-55H,11,17H2,1-5H3/t25-,27+,28-,34-,36+,42+/m0/s1. The van der Waals surface area contributed by atoms with Crippen molar-refractivity contribution in [2.75, 3.05) is 24.0 Å². The molecule has 2 aliphatic heterocycles. The van der Waals surface area contributed by atoms with Crippen LogP contribution >= 0.6 is 22.9 Å². The first-order chi connectivity index (χ1) is 27.7. The number of aromatic nitrogens is 2. The first kappa shape index (κ1) is 38.1. The molecular weight excluding hydrogens is 783 g/mol. The van der Waals surface area contributed by atoms with Crippen LogP contribution in [0.25, 0.3) is 20.7 Å². The van der Waals surface area contributed by atoms with Crippen molar-refractivity contribution >= 4 is 80.7 Å². The van der Waals surface area contributed by atoms with Crippen molar-refractivity contribution < 1.29 is 43.8 Å². The Labute approximate surface area is 342 Å². The smallest absolute Gasteiger partial charge is 0.488 e. The molecule has 296 valence electrons. The second-order valence-electron chi connectivity index (χ2n) is 15.6. The number of imide groups is 2. The van der Waals surface area contributed by atoms with E-state index in [2.05, 4.69) is 0 Å². The molecule has 3 fully saturated rings. The molecule has 4 amide bonds. The number of phenols is 1. The molecule has 2 aliphatic carbocycles. The predicted molar refractivity (Wildman–Crippen MR) is 218 cm³/mol. The predicted octanol–water partition coefficient (Wildman–Crippen LogP) is 5.10. The minimum Gasteiger partial charge on any atom is -0.508 e. The van der Waals surface area contributed by atoms with Gasteiger partial charge in [-0.1, -0.05) is 35.4 Å². The maximum absolute atomic E-state index is 15.3. The van der Waals surface area contributed by atoms with Crippen LogP contribution in [0, 0.1) is 36.0 Å². The Morgan fingerprint density at radius 3 is 2.34 bits per heavy atom. The molecule has 13 nitrogen and oxygen atoms in total.